The van der Waals surface area contributed by atoms with Gasteiger partial charge in [0.25, 0.3) is 0 Å². The van der Waals surface area contributed by atoms with Crippen LogP contribution in [0.15, 0.2) is 12.1 Å². The number of hydrogen-bond donors (Lipinski definition) is 1. The number of carbonyl (C=O) groups is 3. The van der Waals surface area contributed by atoms with Crippen LogP contribution in [-0.2, 0) is 9.47 Å². The summed E-state index contributed by atoms with van der Waals surface area (Å²) in [5.41, 5.74) is 1.44. The lowest BCUT2D eigenvalue weighted by molar-refractivity contribution is 0.0313. The SMILES string of the molecule is COC(=O)c1c(C)[nH]c(C(=O)C(C)OC(=O)c2ccc(OC)c(OC)c2OC)c1C. The molecule has 2 aromatic rings. The van der Waals surface area contributed by atoms with E-state index in [0.29, 0.717) is 17.0 Å². The average Bonchev–Trinajstić information content (AvgIpc) is 3.04. The van der Waals surface area contributed by atoms with Crippen molar-refractivity contribution in [1.82, 2.24) is 4.98 Å². The number of ketones is 1. The molecule has 1 aromatic heterocycles. The summed E-state index contributed by atoms with van der Waals surface area (Å²) in [5.74, 6) is -1.09. The van der Waals surface area contributed by atoms with E-state index in [2.05, 4.69) is 4.98 Å². The summed E-state index contributed by atoms with van der Waals surface area (Å²) in [6.07, 6.45) is -1.13. The first-order chi connectivity index (χ1) is 14.2. The van der Waals surface area contributed by atoms with Crippen LogP contribution in [0.4, 0.5) is 0 Å². The van der Waals surface area contributed by atoms with Gasteiger partial charge in [0.05, 0.1) is 39.7 Å². The molecule has 162 valence electrons. The molecule has 0 saturated heterocycles. The molecule has 30 heavy (non-hydrogen) atoms. The summed E-state index contributed by atoms with van der Waals surface area (Å²) in [6, 6.07) is 2.99. The number of carbonyl (C=O) groups excluding carboxylic acids is 3. The molecule has 0 aliphatic rings. The summed E-state index contributed by atoms with van der Waals surface area (Å²) in [7, 11) is 5.51. The van der Waals surface area contributed by atoms with Crippen molar-refractivity contribution in [1.29, 1.82) is 0 Å². The second-order valence-electron chi connectivity index (χ2n) is 6.41. The summed E-state index contributed by atoms with van der Waals surface area (Å²) < 4.78 is 25.8. The molecule has 0 amide bonds. The molecule has 2 rings (SSSR count). The smallest absolute Gasteiger partial charge is 0.342 e. The number of ether oxygens (including phenoxy) is 5. The molecule has 0 spiro atoms. The lowest BCUT2D eigenvalue weighted by Crippen LogP contribution is -2.25. The number of esters is 2. The minimum Gasteiger partial charge on any atom is -0.493 e. The van der Waals surface area contributed by atoms with Gasteiger partial charge in [-0.15, -0.1) is 0 Å². The van der Waals surface area contributed by atoms with Gasteiger partial charge in [0, 0.05) is 5.69 Å². The molecule has 0 radical (unpaired) electrons. The maximum absolute atomic E-state index is 12.9. The van der Waals surface area contributed by atoms with Crippen molar-refractivity contribution in [2.75, 3.05) is 28.4 Å². The molecule has 9 heteroatoms. The molecule has 0 aliphatic carbocycles. The van der Waals surface area contributed by atoms with Crippen LogP contribution in [0.2, 0.25) is 0 Å². The number of H-pyrrole nitrogens is 1. The number of methoxy groups -OCH3 is 4. The van der Waals surface area contributed by atoms with Gasteiger partial charge < -0.3 is 28.7 Å². The Bertz CT molecular complexity index is 976. The lowest BCUT2D eigenvalue weighted by atomic mass is 10.1. The Kier molecular flexibility index (Phi) is 7.10. The molecular formula is C21H25NO8. The highest BCUT2D eigenvalue weighted by Gasteiger charge is 2.29. The van der Waals surface area contributed by atoms with E-state index in [1.165, 1.54) is 47.5 Å². The third kappa shape index (κ3) is 4.10. The van der Waals surface area contributed by atoms with E-state index in [0.717, 1.165) is 0 Å². The molecule has 1 heterocycles. The molecule has 1 aromatic carbocycles. The molecule has 9 nitrogen and oxygen atoms in total. The lowest BCUT2D eigenvalue weighted by Gasteiger charge is -2.17. The Labute approximate surface area is 174 Å². The maximum Gasteiger partial charge on any atom is 0.342 e. The largest absolute Gasteiger partial charge is 0.493 e. The van der Waals surface area contributed by atoms with E-state index in [1.807, 2.05) is 0 Å². The second kappa shape index (κ2) is 9.34. The number of aryl methyl sites for hydroxylation is 1. The highest BCUT2D eigenvalue weighted by atomic mass is 16.6. The van der Waals surface area contributed by atoms with Gasteiger partial charge in [-0.1, -0.05) is 0 Å². The number of aromatic amines is 1. The Morgan fingerprint density at radius 3 is 2.07 bits per heavy atom. The van der Waals surface area contributed by atoms with Gasteiger partial charge in [-0.25, -0.2) is 9.59 Å². The average molecular weight is 419 g/mol. The van der Waals surface area contributed by atoms with Crippen LogP contribution in [-0.4, -0.2) is 57.2 Å². The molecule has 0 aliphatic heterocycles. The van der Waals surface area contributed by atoms with Gasteiger partial charge in [-0.3, -0.25) is 4.79 Å². The fraction of sp³-hybridized carbons (Fsp3) is 0.381. The number of Topliss-reactive ketones (excluding diaryl/α,β-unsaturated/α-hetero) is 1. The summed E-state index contributed by atoms with van der Waals surface area (Å²) in [4.78, 5) is 40.4. The zero-order valence-corrected chi connectivity index (χ0v) is 18.0. The van der Waals surface area contributed by atoms with Gasteiger partial charge in [-0.05, 0) is 38.5 Å². The Morgan fingerprint density at radius 1 is 0.900 bits per heavy atom. The predicted molar refractivity (Wildman–Crippen MR) is 107 cm³/mol. The molecule has 0 bridgehead atoms. The van der Waals surface area contributed by atoms with E-state index in [4.69, 9.17) is 23.7 Å². The van der Waals surface area contributed by atoms with E-state index >= 15 is 0 Å². The Hall–Kier alpha value is -3.49. The first-order valence-corrected chi connectivity index (χ1v) is 9.03. The topological polar surface area (TPSA) is 113 Å². The van der Waals surface area contributed by atoms with Gasteiger partial charge in [0.2, 0.25) is 11.5 Å². The molecule has 1 unspecified atom stereocenters. The van der Waals surface area contributed by atoms with Crippen molar-refractivity contribution in [3.05, 3.63) is 40.2 Å². The highest BCUT2D eigenvalue weighted by Crippen LogP contribution is 2.40. The van der Waals surface area contributed by atoms with Crippen LogP contribution < -0.4 is 14.2 Å². The van der Waals surface area contributed by atoms with Gasteiger partial charge in [0.1, 0.15) is 5.56 Å². The van der Waals surface area contributed by atoms with Crippen LogP contribution in [0.25, 0.3) is 0 Å². The van der Waals surface area contributed by atoms with Crippen LogP contribution in [0, 0.1) is 13.8 Å². The van der Waals surface area contributed by atoms with E-state index in [-0.39, 0.29) is 28.3 Å². The van der Waals surface area contributed by atoms with Crippen LogP contribution in [0.1, 0.15) is 49.4 Å². The number of benzene rings is 1. The van der Waals surface area contributed by atoms with Crippen molar-refractivity contribution in [3.63, 3.8) is 0 Å². The minimum atomic E-state index is -1.13. The molecule has 0 fully saturated rings. The van der Waals surface area contributed by atoms with E-state index < -0.39 is 23.8 Å². The van der Waals surface area contributed by atoms with Crippen molar-refractivity contribution in [2.45, 2.75) is 26.9 Å². The number of aromatic nitrogens is 1. The number of hydrogen-bond acceptors (Lipinski definition) is 8. The van der Waals surface area contributed by atoms with Crippen LogP contribution in [0.3, 0.4) is 0 Å². The molecule has 1 N–H and O–H groups in total. The van der Waals surface area contributed by atoms with Crippen molar-refractivity contribution >= 4 is 17.7 Å². The zero-order chi connectivity index (χ0) is 22.6. The van der Waals surface area contributed by atoms with Crippen molar-refractivity contribution < 1.29 is 38.1 Å². The fourth-order valence-electron chi connectivity index (χ4n) is 3.15. The summed E-state index contributed by atoms with van der Waals surface area (Å²) in [5, 5.41) is 0. The van der Waals surface area contributed by atoms with Crippen molar-refractivity contribution in [2.24, 2.45) is 0 Å². The third-order valence-electron chi connectivity index (χ3n) is 4.65. The first-order valence-electron chi connectivity index (χ1n) is 9.03. The quantitative estimate of drug-likeness (QED) is 0.513. The predicted octanol–water partition coefficient (Wildman–Crippen LogP) is 2.87. The van der Waals surface area contributed by atoms with E-state index in [1.54, 1.807) is 13.8 Å². The van der Waals surface area contributed by atoms with Gasteiger partial charge in [-0.2, -0.15) is 0 Å². The molecule has 1 atom stereocenters. The van der Waals surface area contributed by atoms with Gasteiger partial charge in [0.15, 0.2) is 17.6 Å². The summed E-state index contributed by atoms with van der Waals surface area (Å²) >= 11 is 0. The monoisotopic (exact) mass is 419 g/mol. The first kappa shape index (κ1) is 22.8. The maximum atomic E-state index is 12.9. The molecule has 0 saturated carbocycles. The second-order valence-corrected chi connectivity index (χ2v) is 6.41. The number of rotatable bonds is 8. The zero-order valence-electron chi connectivity index (χ0n) is 18.0. The van der Waals surface area contributed by atoms with E-state index in [9.17, 15) is 14.4 Å². The standard InChI is InChI=1S/C21H25NO8/c1-10-15(21(25)29-7)11(2)22-16(10)17(23)12(3)30-20(24)13-8-9-14(26-4)19(28-6)18(13)27-5/h8-9,12,22H,1-7H3. The number of nitrogens with one attached hydrogen (secondary N) is 1. The summed E-state index contributed by atoms with van der Waals surface area (Å²) in [6.45, 7) is 4.72. The highest BCUT2D eigenvalue weighted by molar-refractivity contribution is 6.05. The Morgan fingerprint density at radius 2 is 1.53 bits per heavy atom. The molecular weight excluding hydrogens is 394 g/mol. The van der Waals surface area contributed by atoms with Crippen LogP contribution in [0.5, 0.6) is 17.2 Å². The normalized spacial score (nSPS) is 11.4. The fourth-order valence-corrected chi connectivity index (χ4v) is 3.15. The Balaban J connectivity index is 2.31. The third-order valence-corrected chi connectivity index (χ3v) is 4.65. The van der Waals surface area contributed by atoms with Crippen LogP contribution >= 0.6 is 0 Å². The van der Waals surface area contributed by atoms with Crippen molar-refractivity contribution in [3.8, 4) is 17.2 Å². The minimum absolute atomic E-state index is 0.0736. The van der Waals surface area contributed by atoms with Gasteiger partial charge >= 0.3 is 11.9 Å².